The highest BCUT2D eigenvalue weighted by molar-refractivity contribution is 7.88. The van der Waals surface area contributed by atoms with E-state index in [1.54, 1.807) is 4.31 Å². The zero-order valence-electron chi connectivity index (χ0n) is 11.7. The second kappa shape index (κ2) is 6.78. The van der Waals surface area contributed by atoms with Gasteiger partial charge in [0.1, 0.15) is 0 Å². The molecule has 112 valence electrons. The van der Waals surface area contributed by atoms with Crippen LogP contribution in [0.25, 0.3) is 0 Å². The number of alkyl halides is 1. The highest BCUT2D eigenvalue weighted by atomic mass is 35.5. The van der Waals surface area contributed by atoms with Crippen LogP contribution in [0.1, 0.15) is 18.4 Å². The van der Waals surface area contributed by atoms with Crippen LogP contribution in [0.5, 0.6) is 0 Å². The van der Waals surface area contributed by atoms with Crippen LogP contribution in [0.3, 0.4) is 0 Å². The molecule has 0 bridgehead atoms. The van der Waals surface area contributed by atoms with E-state index < -0.39 is 10.0 Å². The quantitative estimate of drug-likeness (QED) is 0.849. The molecule has 1 heterocycles. The van der Waals surface area contributed by atoms with E-state index in [-0.39, 0.29) is 0 Å². The average Bonchev–Trinajstić information content (AvgIpc) is 2.45. The largest absolute Gasteiger partial charge is 0.385 e. The molecule has 1 unspecified atom stereocenters. The molecule has 1 aromatic rings. The van der Waals surface area contributed by atoms with Crippen LogP contribution in [0.4, 0.5) is 5.69 Å². The van der Waals surface area contributed by atoms with Crippen molar-refractivity contribution >= 4 is 27.3 Å². The van der Waals surface area contributed by atoms with Crippen molar-refractivity contribution in [3.63, 3.8) is 0 Å². The molecule has 1 aliphatic heterocycles. The van der Waals surface area contributed by atoms with Crippen LogP contribution in [0, 0.1) is 5.92 Å². The van der Waals surface area contributed by atoms with Gasteiger partial charge in [0, 0.05) is 31.2 Å². The average molecular weight is 317 g/mol. The molecule has 1 atom stereocenters. The Morgan fingerprint density at radius 2 is 2.25 bits per heavy atom. The Kier molecular flexibility index (Phi) is 5.29. The van der Waals surface area contributed by atoms with Gasteiger partial charge in [0.2, 0.25) is 10.0 Å². The van der Waals surface area contributed by atoms with Crippen molar-refractivity contribution in [2.45, 2.75) is 18.7 Å². The molecular formula is C14H21ClN2O2S. The van der Waals surface area contributed by atoms with E-state index in [0.717, 1.165) is 30.6 Å². The van der Waals surface area contributed by atoms with E-state index in [4.69, 9.17) is 11.6 Å². The van der Waals surface area contributed by atoms with Crippen molar-refractivity contribution < 1.29 is 8.42 Å². The van der Waals surface area contributed by atoms with E-state index in [1.165, 1.54) is 6.26 Å². The molecule has 1 aromatic carbocycles. The lowest BCUT2D eigenvalue weighted by Gasteiger charge is -2.31. The lowest BCUT2D eigenvalue weighted by atomic mass is 9.99. The van der Waals surface area contributed by atoms with Crippen LogP contribution in [0.15, 0.2) is 24.3 Å². The van der Waals surface area contributed by atoms with Crippen molar-refractivity contribution in [1.29, 1.82) is 0 Å². The number of nitrogens with zero attached hydrogens (tertiary/aromatic N) is 1. The molecule has 1 N–H and O–H groups in total. The summed E-state index contributed by atoms with van der Waals surface area (Å²) in [5.74, 6) is 0.860. The minimum Gasteiger partial charge on any atom is -0.385 e. The molecule has 0 radical (unpaired) electrons. The third kappa shape index (κ3) is 4.36. The first-order chi connectivity index (χ1) is 9.49. The van der Waals surface area contributed by atoms with Crippen molar-refractivity contribution in [3.05, 3.63) is 29.8 Å². The van der Waals surface area contributed by atoms with Gasteiger partial charge in [0.15, 0.2) is 0 Å². The van der Waals surface area contributed by atoms with Crippen LogP contribution >= 0.6 is 11.6 Å². The lowest BCUT2D eigenvalue weighted by molar-refractivity contribution is 0.277. The number of sulfonamides is 1. The number of halogens is 1. The number of piperidine rings is 1. The standard InChI is InChI=1S/C14H21ClN2O2S/c1-20(18,19)17-7-3-5-13(11-17)10-16-14-6-2-4-12(8-14)9-15/h2,4,6,8,13,16H,3,5,7,9-11H2,1H3. The van der Waals surface area contributed by atoms with Crippen molar-refractivity contribution in [2.24, 2.45) is 5.92 Å². The lowest BCUT2D eigenvalue weighted by Crippen LogP contribution is -2.41. The minimum atomic E-state index is -3.06. The molecule has 1 fully saturated rings. The molecular weight excluding hydrogens is 296 g/mol. The molecule has 0 saturated carbocycles. The predicted molar refractivity (Wildman–Crippen MR) is 83.6 cm³/mol. The predicted octanol–water partition coefficient (Wildman–Crippen LogP) is 2.51. The molecule has 6 heteroatoms. The smallest absolute Gasteiger partial charge is 0.211 e. The van der Waals surface area contributed by atoms with Crippen LogP contribution < -0.4 is 5.32 Å². The molecule has 2 rings (SSSR count). The third-order valence-corrected chi connectivity index (χ3v) is 5.21. The Morgan fingerprint density at radius 3 is 2.95 bits per heavy atom. The van der Waals surface area contributed by atoms with Gasteiger partial charge in [0.05, 0.1) is 6.26 Å². The van der Waals surface area contributed by atoms with Gasteiger partial charge in [-0.25, -0.2) is 12.7 Å². The van der Waals surface area contributed by atoms with E-state index in [1.807, 2.05) is 24.3 Å². The maximum absolute atomic E-state index is 11.6. The molecule has 0 spiro atoms. The first-order valence-electron chi connectivity index (χ1n) is 6.83. The van der Waals surface area contributed by atoms with Crippen molar-refractivity contribution in [1.82, 2.24) is 4.31 Å². The first kappa shape index (κ1) is 15.6. The number of benzene rings is 1. The second-order valence-electron chi connectivity index (χ2n) is 5.34. The topological polar surface area (TPSA) is 49.4 Å². The third-order valence-electron chi connectivity index (χ3n) is 3.63. The number of rotatable bonds is 5. The summed E-state index contributed by atoms with van der Waals surface area (Å²) in [6, 6.07) is 8.01. The number of hydrogen-bond acceptors (Lipinski definition) is 3. The van der Waals surface area contributed by atoms with E-state index in [9.17, 15) is 8.42 Å². The molecule has 0 aliphatic carbocycles. The van der Waals surface area contributed by atoms with Gasteiger partial charge in [0.25, 0.3) is 0 Å². The van der Waals surface area contributed by atoms with Crippen LogP contribution in [-0.2, 0) is 15.9 Å². The summed E-state index contributed by atoms with van der Waals surface area (Å²) in [6.07, 6.45) is 3.28. The van der Waals surface area contributed by atoms with Gasteiger partial charge >= 0.3 is 0 Å². The summed E-state index contributed by atoms with van der Waals surface area (Å²) < 4.78 is 24.7. The van der Waals surface area contributed by atoms with E-state index in [0.29, 0.717) is 24.9 Å². The highest BCUT2D eigenvalue weighted by Gasteiger charge is 2.25. The van der Waals surface area contributed by atoms with Gasteiger partial charge in [-0.2, -0.15) is 0 Å². The Balaban J connectivity index is 1.90. The molecule has 4 nitrogen and oxygen atoms in total. The fourth-order valence-corrected chi connectivity index (χ4v) is 3.63. The molecule has 1 aliphatic rings. The zero-order valence-corrected chi connectivity index (χ0v) is 13.3. The van der Waals surface area contributed by atoms with Gasteiger partial charge in [-0.1, -0.05) is 12.1 Å². The summed E-state index contributed by atoms with van der Waals surface area (Å²) in [7, 11) is -3.06. The monoisotopic (exact) mass is 316 g/mol. The Morgan fingerprint density at radius 1 is 1.45 bits per heavy atom. The molecule has 0 aromatic heterocycles. The summed E-state index contributed by atoms with van der Waals surface area (Å²) in [4.78, 5) is 0. The summed E-state index contributed by atoms with van der Waals surface area (Å²) >= 11 is 5.82. The minimum absolute atomic E-state index is 0.359. The van der Waals surface area contributed by atoms with Gasteiger partial charge in [-0.05, 0) is 36.5 Å². The Bertz CT molecular complexity index is 548. The molecule has 0 amide bonds. The molecule has 20 heavy (non-hydrogen) atoms. The maximum Gasteiger partial charge on any atom is 0.211 e. The van der Waals surface area contributed by atoms with Gasteiger partial charge in [-0.15, -0.1) is 11.6 Å². The zero-order chi connectivity index (χ0) is 14.6. The van der Waals surface area contributed by atoms with Crippen molar-refractivity contribution in [3.8, 4) is 0 Å². The summed E-state index contributed by atoms with van der Waals surface area (Å²) in [5.41, 5.74) is 2.12. The highest BCUT2D eigenvalue weighted by Crippen LogP contribution is 2.20. The fourth-order valence-electron chi connectivity index (χ4n) is 2.52. The molecule has 1 saturated heterocycles. The van der Waals surface area contributed by atoms with Gasteiger partial charge in [-0.3, -0.25) is 0 Å². The number of hydrogen-bond donors (Lipinski definition) is 1. The fraction of sp³-hybridized carbons (Fsp3) is 0.571. The summed E-state index contributed by atoms with van der Waals surface area (Å²) in [5, 5.41) is 3.38. The van der Waals surface area contributed by atoms with Crippen LogP contribution in [-0.4, -0.2) is 38.6 Å². The normalized spacial score (nSPS) is 20.8. The Hall–Kier alpha value is -0.780. The van der Waals surface area contributed by atoms with E-state index >= 15 is 0 Å². The van der Waals surface area contributed by atoms with Crippen molar-refractivity contribution in [2.75, 3.05) is 31.2 Å². The van der Waals surface area contributed by atoms with Gasteiger partial charge < -0.3 is 5.32 Å². The summed E-state index contributed by atoms with van der Waals surface area (Å²) in [6.45, 7) is 2.05. The second-order valence-corrected chi connectivity index (χ2v) is 7.59. The van der Waals surface area contributed by atoms with Crippen LogP contribution in [0.2, 0.25) is 0 Å². The first-order valence-corrected chi connectivity index (χ1v) is 9.21. The SMILES string of the molecule is CS(=O)(=O)N1CCCC(CNc2cccc(CCl)c2)C1. The number of nitrogens with one attached hydrogen (secondary N) is 1. The van der Waals surface area contributed by atoms with E-state index in [2.05, 4.69) is 5.32 Å². The Labute approximate surface area is 126 Å². The maximum atomic E-state index is 11.6. The number of anilines is 1.